The van der Waals surface area contributed by atoms with Crippen molar-refractivity contribution in [1.29, 1.82) is 0 Å². The van der Waals surface area contributed by atoms with E-state index in [1.807, 2.05) is 37.3 Å². The summed E-state index contributed by atoms with van der Waals surface area (Å²) in [7, 11) is 0. The molecule has 10 heteroatoms. The van der Waals surface area contributed by atoms with Crippen LogP contribution in [-0.4, -0.2) is 22.9 Å². The number of nitrogens with zero attached hydrogens (tertiary/aromatic N) is 1. The lowest BCUT2D eigenvalue weighted by Crippen LogP contribution is -2.36. The number of hydrogen-bond acceptors (Lipinski definition) is 3. The third-order valence-electron chi connectivity index (χ3n) is 6.11. The Labute approximate surface area is 198 Å². The highest BCUT2D eigenvalue weighted by molar-refractivity contribution is 5.35. The van der Waals surface area contributed by atoms with Crippen LogP contribution in [0.15, 0.2) is 54.7 Å². The van der Waals surface area contributed by atoms with Crippen molar-refractivity contribution in [3.05, 3.63) is 88.5 Å². The third kappa shape index (κ3) is 5.70. The Morgan fingerprint density at radius 2 is 1.63 bits per heavy atom. The molecule has 2 aromatic carbocycles. The molecule has 35 heavy (non-hydrogen) atoms. The SMILES string of the molecule is Cc1cnc([C@@H]2CCO[C@H](O[C@H](C)c3cc(C(F)(F)F)cc(C(F)(F)F)c3)[C@H]2c2ccccc2)[nH]1. The first-order chi connectivity index (χ1) is 16.4. The standard InChI is InChI=1S/C25H24F6N2O2/c1-14-13-32-22(33-14)20-8-9-34-23(21(20)16-6-4-3-5-7-16)35-15(2)17-10-18(24(26,27)28)12-19(11-17)25(29,30)31/h3-7,10-13,15,20-21,23H,8-9H2,1-2H3,(H,32,33)/t15-,20-,21+,23-/m1/s1. The summed E-state index contributed by atoms with van der Waals surface area (Å²) in [6, 6.07) is 10.8. The van der Waals surface area contributed by atoms with Crippen LogP contribution < -0.4 is 0 Å². The predicted molar refractivity (Wildman–Crippen MR) is 116 cm³/mol. The number of ether oxygens (including phenoxy) is 2. The molecular formula is C25H24F6N2O2. The third-order valence-corrected chi connectivity index (χ3v) is 6.11. The number of aromatic amines is 1. The van der Waals surface area contributed by atoms with Gasteiger partial charge in [-0.1, -0.05) is 30.3 Å². The molecule has 1 saturated heterocycles. The van der Waals surface area contributed by atoms with Crippen LogP contribution in [0, 0.1) is 6.92 Å². The van der Waals surface area contributed by atoms with Gasteiger partial charge in [-0.05, 0) is 49.6 Å². The number of hydrogen-bond donors (Lipinski definition) is 1. The highest BCUT2D eigenvalue weighted by atomic mass is 19.4. The van der Waals surface area contributed by atoms with Gasteiger partial charge in [0, 0.05) is 23.7 Å². The molecule has 1 N–H and O–H groups in total. The molecule has 1 fully saturated rings. The number of benzene rings is 2. The zero-order valence-electron chi connectivity index (χ0n) is 19.0. The minimum Gasteiger partial charge on any atom is -0.352 e. The first-order valence-corrected chi connectivity index (χ1v) is 11.1. The van der Waals surface area contributed by atoms with Crippen LogP contribution >= 0.6 is 0 Å². The Morgan fingerprint density at radius 3 is 2.17 bits per heavy atom. The summed E-state index contributed by atoms with van der Waals surface area (Å²) in [6.45, 7) is 3.58. The van der Waals surface area contributed by atoms with Crippen molar-refractivity contribution in [3.63, 3.8) is 0 Å². The largest absolute Gasteiger partial charge is 0.416 e. The van der Waals surface area contributed by atoms with Crippen LogP contribution in [-0.2, 0) is 21.8 Å². The Bertz CT molecular complexity index is 1110. The zero-order valence-corrected chi connectivity index (χ0v) is 19.0. The van der Waals surface area contributed by atoms with E-state index in [2.05, 4.69) is 9.97 Å². The van der Waals surface area contributed by atoms with Gasteiger partial charge in [-0.3, -0.25) is 0 Å². The van der Waals surface area contributed by atoms with Crippen molar-refractivity contribution in [2.45, 2.75) is 56.9 Å². The first kappa shape index (κ1) is 25.2. The minimum atomic E-state index is -4.94. The fourth-order valence-corrected chi connectivity index (χ4v) is 4.39. The number of imidazole rings is 1. The normalized spacial score (nSPS) is 22.2. The Kier molecular flexibility index (Phi) is 6.97. The second-order valence-electron chi connectivity index (χ2n) is 8.64. The maximum atomic E-state index is 13.3. The van der Waals surface area contributed by atoms with Gasteiger partial charge in [-0.2, -0.15) is 26.3 Å². The van der Waals surface area contributed by atoms with Gasteiger partial charge in [-0.15, -0.1) is 0 Å². The summed E-state index contributed by atoms with van der Waals surface area (Å²) in [5, 5.41) is 0. The molecule has 1 aliphatic heterocycles. The van der Waals surface area contributed by atoms with Crippen molar-refractivity contribution in [2.24, 2.45) is 0 Å². The smallest absolute Gasteiger partial charge is 0.352 e. The molecule has 0 spiro atoms. The lowest BCUT2D eigenvalue weighted by molar-refractivity contribution is -0.202. The van der Waals surface area contributed by atoms with Gasteiger partial charge in [0.2, 0.25) is 0 Å². The number of halogens is 6. The highest BCUT2D eigenvalue weighted by Gasteiger charge is 2.41. The summed E-state index contributed by atoms with van der Waals surface area (Å²) < 4.78 is 92.0. The topological polar surface area (TPSA) is 47.1 Å². The summed E-state index contributed by atoms with van der Waals surface area (Å²) in [6.07, 6.45) is -9.58. The number of aromatic nitrogens is 2. The summed E-state index contributed by atoms with van der Waals surface area (Å²) in [5.74, 6) is 0.189. The van der Waals surface area contributed by atoms with Crippen LogP contribution in [0.2, 0.25) is 0 Å². The van der Waals surface area contributed by atoms with Crippen molar-refractivity contribution in [1.82, 2.24) is 9.97 Å². The van der Waals surface area contributed by atoms with Crippen LogP contribution in [0.25, 0.3) is 0 Å². The van der Waals surface area contributed by atoms with E-state index < -0.39 is 35.9 Å². The van der Waals surface area contributed by atoms with Crippen molar-refractivity contribution >= 4 is 0 Å². The zero-order chi connectivity index (χ0) is 25.4. The second-order valence-corrected chi connectivity index (χ2v) is 8.64. The fourth-order valence-electron chi connectivity index (χ4n) is 4.39. The van der Waals surface area contributed by atoms with Gasteiger partial charge in [0.15, 0.2) is 6.29 Å². The van der Waals surface area contributed by atoms with Crippen LogP contribution in [0.4, 0.5) is 26.3 Å². The Hall–Kier alpha value is -2.85. The van der Waals surface area contributed by atoms with Crippen LogP contribution in [0.1, 0.15) is 65.1 Å². The molecule has 4 nitrogen and oxygen atoms in total. The van der Waals surface area contributed by atoms with E-state index in [-0.39, 0.29) is 23.5 Å². The number of aryl methyl sites for hydroxylation is 1. The van der Waals surface area contributed by atoms with E-state index >= 15 is 0 Å². The molecule has 2 heterocycles. The van der Waals surface area contributed by atoms with Gasteiger partial charge >= 0.3 is 12.4 Å². The first-order valence-electron chi connectivity index (χ1n) is 11.1. The van der Waals surface area contributed by atoms with E-state index in [1.165, 1.54) is 6.92 Å². The molecule has 3 aromatic rings. The fraction of sp³-hybridized carbons (Fsp3) is 0.400. The molecule has 0 unspecified atom stereocenters. The Balaban J connectivity index is 1.68. The maximum Gasteiger partial charge on any atom is 0.416 e. The minimum absolute atomic E-state index is 0.107. The molecule has 1 aliphatic rings. The van der Waals surface area contributed by atoms with Crippen LogP contribution in [0.5, 0.6) is 0 Å². The lowest BCUT2D eigenvalue weighted by atomic mass is 9.81. The number of H-pyrrole nitrogens is 1. The molecule has 0 aliphatic carbocycles. The van der Waals surface area contributed by atoms with E-state index in [1.54, 1.807) is 6.20 Å². The van der Waals surface area contributed by atoms with Gasteiger partial charge in [-0.25, -0.2) is 4.98 Å². The molecule has 0 bridgehead atoms. The number of rotatable bonds is 5. The second kappa shape index (κ2) is 9.66. The molecule has 4 rings (SSSR count). The molecular weight excluding hydrogens is 474 g/mol. The number of alkyl halides is 6. The van der Waals surface area contributed by atoms with Crippen molar-refractivity contribution in [3.8, 4) is 0 Å². The molecule has 4 atom stereocenters. The monoisotopic (exact) mass is 498 g/mol. The lowest BCUT2D eigenvalue weighted by Gasteiger charge is -2.38. The predicted octanol–water partition coefficient (Wildman–Crippen LogP) is 7.15. The summed E-state index contributed by atoms with van der Waals surface area (Å²) in [5.41, 5.74) is -1.27. The maximum absolute atomic E-state index is 13.3. The average molecular weight is 498 g/mol. The van der Waals surface area contributed by atoms with Gasteiger partial charge < -0.3 is 14.5 Å². The van der Waals surface area contributed by atoms with Crippen molar-refractivity contribution in [2.75, 3.05) is 6.61 Å². The quantitative estimate of drug-likeness (QED) is 0.380. The van der Waals surface area contributed by atoms with Crippen molar-refractivity contribution < 1.29 is 35.8 Å². The van der Waals surface area contributed by atoms with E-state index in [9.17, 15) is 26.3 Å². The average Bonchev–Trinajstić information content (AvgIpc) is 3.24. The number of nitrogens with one attached hydrogen (secondary N) is 1. The van der Waals surface area contributed by atoms with Gasteiger partial charge in [0.1, 0.15) is 5.82 Å². The van der Waals surface area contributed by atoms with Crippen LogP contribution in [0.3, 0.4) is 0 Å². The molecule has 188 valence electrons. The Morgan fingerprint density at radius 1 is 1.00 bits per heavy atom. The molecule has 0 amide bonds. The van der Waals surface area contributed by atoms with E-state index in [0.29, 0.717) is 25.2 Å². The molecule has 0 saturated carbocycles. The molecule has 1 aromatic heterocycles. The van der Waals surface area contributed by atoms with E-state index in [0.717, 1.165) is 17.1 Å². The summed E-state index contributed by atoms with van der Waals surface area (Å²) in [4.78, 5) is 7.67. The van der Waals surface area contributed by atoms with Gasteiger partial charge in [0.05, 0.1) is 23.8 Å². The van der Waals surface area contributed by atoms with E-state index in [4.69, 9.17) is 9.47 Å². The van der Waals surface area contributed by atoms with Gasteiger partial charge in [0.25, 0.3) is 0 Å². The highest BCUT2D eigenvalue weighted by Crippen LogP contribution is 2.44. The molecule has 0 radical (unpaired) electrons. The summed E-state index contributed by atoms with van der Waals surface area (Å²) >= 11 is 0.